The van der Waals surface area contributed by atoms with Crippen molar-refractivity contribution in [2.24, 2.45) is 0 Å². The summed E-state index contributed by atoms with van der Waals surface area (Å²) >= 11 is 0. The molecule has 0 heterocycles. The molecule has 6 aromatic carbocycles. The molecule has 0 aromatic heterocycles. The minimum Gasteiger partial charge on any atom is -0.507 e. The molecule has 0 aliphatic carbocycles. The van der Waals surface area contributed by atoms with E-state index in [2.05, 4.69) is 0 Å². The summed E-state index contributed by atoms with van der Waals surface area (Å²) in [5, 5.41) is 30.2. The molecule has 0 spiro atoms. The maximum absolute atomic E-state index is 13.8. The summed E-state index contributed by atoms with van der Waals surface area (Å²) < 4.78 is 120. The minimum absolute atomic E-state index is 0. The molecule has 0 fully saturated rings. The van der Waals surface area contributed by atoms with Gasteiger partial charge in [-0.2, -0.15) is 39.5 Å². The molecule has 68 heavy (non-hydrogen) atoms. The van der Waals surface area contributed by atoms with Crippen molar-refractivity contribution in [1.29, 1.82) is 0 Å². The number of benzene rings is 6. The van der Waals surface area contributed by atoms with Crippen LogP contribution in [0.3, 0.4) is 0 Å². The van der Waals surface area contributed by atoms with Gasteiger partial charge in [-0.15, -0.1) is 0 Å². The number of halogens is 9. The first-order valence-corrected chi connectivity index (χ1v) is 20.5. The van der Waals surface area contributed by atoms with Crippen LogP contribution < -0.4 is 15.9 Å². The average molecular weight is 1110 g/mol. The van der Waals surface area contributed by atoms with E-state index in [-0.39, 0.29) is 84.3 Å². The fourth-order valence-electron chi connectivity index (χ4n) is 5.06. The standard InChI is InChI=1S/C18H15OP.3C10H7F3O2.CH2O.Eu/c19-20(16-10-4-1-5-11-16,17-12-6-2-7-13-17)18-14-8-3-9-15-18;3*11-10(12,13)9(15)6-8(14)7-4-2-1-3-5-7;1-2;/h1-15H;3*1-6,14H;1H2;. The van der Waals surface area contributed by atoms with E-state index in [9.17, 15) is 73.8 Å². The molecule has 0 amide bonds. The predicted octanol–water partition coefficient (Wildman–Crippen LogP) is 11.3. The number of hydrogen-bond donors (Lipinski definition) is 3. The number of rotatable bonds is 9. The third-order valence-corrected chi connectivity index (χ3v) is 11.3. The summed E-state index contributed by atoms with van der Waals surface area (Å²) in [6.07, 6.45) is -14.4. The van der Waals surface area contributed by atoms with Crippen LogP contribution in [0, 0.1) is 49.4 Å². The zero-order valence-corrected chi connectivity index (χ0v) is 38.2. The van der Waals surface area contributed by atoms with Crippen molar-refractivity contribution in [3.63, 3.8) is 0 Å². The first-order valence-electron chi connectivity index (χ1n) is 18.8. The van der Waals surface area contributed by atoms with E-state index in [0.29, 0.717) is 0 Å². The second-order valence-corrected chi connectivity index (χ2v) is 15.7. The van der Waals surface area contributed by atoms with Gasteiger partial charge in [-0.25, -0.2) is 0 Å². The largest absolute Gasteiger partial charge is 0.507 e. The van der Waals surface area contributed by atoms with Crippen molar-refractivity contribution in [3.05, 3.63) is 217 Å². The van der Waals surface area contributed by atoms with Gasteiger partial charge < -0.3 is 24.7 Å². The fraction of sp³-hybridized carbons (Fsp3) is 0.0612. The Morgan fingerprint density at radius 2 is 0.529 bits per heavy atom. The van der Waals surface area contributed by atoms with Crippen LogP contribution >= 0.6 is 7.14 Å². The number of carbonyl (C=O) groups excluding carboxylic acids is 4. The molecule has 0 aliphatic rings. The second-order valence-electron chi connectivity index (χ2n) is 12.9. The van der Waals surface area contributed by atoms with Gasteiger partial charge in [0.2, 0.25) is 0 Å². The van der Waals surface area contributed by atoms with Crippen LogP contribution in [0.4, 0.5) is 39.5 Å². The summed E-state index contributed by atoms with van der Waals surface area (Å²) in [6, 6.07) is 51.7. The molecule has 0 bridgehead atoms. The van der Waals surface area contributed by atoms with Crippen molar-refractivity contribution in [2.75, 3.05) is 0 Å². The zero-order chi connectivity index (χ0) is 50.3. The van der Waals surface area contributed by atoms with Crippen LogP contribution in [0.5, 0.6) is 0 Å². The van der Waals surface area contributed by atoms with E-state index in [4.69, 9.17) is 4.79 Å². The van der Waals surface area contributed by atoms with E-state index >= 15 is 0 Å². The molecule has 19 heteroatoms. The normalized spacial score (nSPS) is 11.7. The Morgan fingerprint density at radius 3 is 0.691 bits per heavy atom. The Bertz CT molecular complexity index is 2320. The van der Waals surface area contributed by atoms with Gasteiger partial charge in [0.1, 0.15) is 24.1 Å². The number of hydrogen-bond acceptors (Lipinski definition) is 8. The number of allylic oxidation sites excluding steroid dienone is 3. The maximum Gasteiger partial charge on any atom is 0.454 e. The minimum atomic E-state index is -4.96. The number of ketones is 3. The van der Waals surface area contributed by atoms with Gasteiger partial charge in [-0.3, -0.25) is 14.4 Å². The van der Waals surface area contributed by atoms with Crippen LogP contribution in [-0.4, -0.2) is 58.0 Å². The van der Waals surface area contributed by atoms with E-state index in [1.807, 2.05) is 97.8 Å². The fourth-order valence-corrected chi connectivity index (χ4v) is 7.73. The summed E-state index contributed by atoms with van der Waals surface area (Å²) in [5.74, 6) is -8.33. The first kappa shape index (κ1) is 59.8. The van der Waals surface area contributed by atoms with Gasteiger partial charge in [0.15, 0.2) is 7.14 Å². The molecule has 0 saturated heterocycles. The van der Waals surface area contributed by atoms with Gasteiger partial charge in [0.25, 0.3) is 17.3 Å². The molecule has 0 aliphatic heterocycles. The first-order chi connectivity index (χ1) is 31.5. The topological polar surface area (TPSA) is 146 Å². The molecular formula is C49H38EuF9O8P. The van der Waals surface area contributed by atoms with Crippen LogP contribution in [0.15, 0.2) is 200 Å². The SMILES string of the molecule is C=O.O=C(C=C(O)c1ccccc1)C(F)(F)F.O=C(C=C(O)c1ccccc1)C(F)(F)F.O=C(C=C(O)c1ccccc1)C(F)(F)F.O=P(c1ccccc1)(c1ccccc1)c1ccccc1.[Eu]. The molecule has 357 valence electrons. The summed E-state index contributed by atoms with van der Waals surface area (Å²) in [7, 11) is -2.78. The van der Waals surface area contributed by atoms with Gasteiger partial charge in [-0.05, 0) is 0 Å². The molecule has 3 N–H and O–H groups in total. The Labute approximate surface area is 424 Å². The number of aliphatic hydroxyl groups excluding tert-OH is 3. The predicted molar refractivity (Wildman–Crippen MR) is 237 cm³/mol. The van der Waals surface area contributed by atoms with E-state index < -0.39 is 60.3 Å². The van der Waals surface area contributed by atoms with Crippen LogP contribution in [0.1, 0.15) is 16.7 Å². The van der Waals surface area contributed by atoms with Gasteiger partial charge in [-0.1, -0.05) is 182 Å². The third kappa shape index (κ3) is 20.0. The van der Waals surface area contributed by atoms with Gasteiger partial charge >= 0.3 is 18.5 Å². The monoisotopic (exact) mass is 1110 g/mol. The Kier molecular flexibility index (Phi) is 25.4. The Morgan fingerprint density at radius 1 is 0.368 bits per heavy atom. The molecule has 6 rings (SSSR count). The summed E-state index contributed by atoms with van der Waals surface area (Å²) in [5.41, 5.74) is 0.486. The number of aliphatic hydroxyl groups is 3. The number of carbonyl (C=O) groups is 4. The van der Waals surface area contributed by atoms with Gasteiger partial charge in [0, 0.05) is 100 Å². The van der Waals surface area contributed by atoms with Crippen LogP contribution in [0.25, 0.3) is 17.3 Å². The maximum atomic E-state index is 13.8. The molecule has 0 atom stereocenters. The molecule has 0 unspecified atom stereocenters. The van der Waals surface area contributed by atoms with E-state index in [1.54, 1.807) is 18.2 Å². The molecule has 0 saturated carbocycles. The average Bonchev–Trinajstić information content (AvgIpc) is 3.33. The second kappa shape index (κ2) is 28.9. The van der Waals surface area contributed by atoms with Crippen molar-refractivity contribution in [1.82, 2.24) is 0 Å². The van der Waals surface area contributed by atoms with E-state index in [1.165, 1.54) is 72.8 Å². The van der Waals surface area contributed by atoms with Crippen LogP contribution in [0.2, 0.25) is 0 Å². The molecule has 6 aromatic rings. The number of alkyl halides is 9. The zero-order valence-electron chi connectivity index (χ0n) is 34.9. The summed E-state index contributed by atoms with van der Waals surface area (Å²) in [6.45, 7) is 2.00. The molecule has 1 radical (unpaired) electrons. The smallest absolute Gasteiger partial charge is 0.454 e. The quantitative estimate of drug-likeness (QED) is 0.0561. The Hall–Kier alpha value is -6.20. The molecule has 8 nitrogen and oxygen atoms in total. The van der Waals surface area contributed by atoms with Crippen LogP contribution in [-0.2, 0) is 23.7 Å². The molecular weight excluding hydrogens is 1070 g/mol. The van der Waals surface area contributed by atoms with Crippen molar-refractivity contribution >= 4 is 64.5 Å². The van der Waals surface area contributed by atoms with Crippen molar-refractivity contribution < 1.29 is 128 Å². The van der Waals surface area contributed by atoms with E-state index in [0.717, 1.165) is 15.9 Å². The van der Waals surface area contributed by atoms with Gasteiger partial charge in [0.05, 0.1) is 0 Å². The summed E-state index contributed by atoms with van der Waals surface area (Å²) in [4.78, 5) is 39.5. The van der Waals surface area contributed by atoms with Crippen molar-refractivity contribution in [3.8, 4) is 0 Å². The third-order valence-electron chi connectivity index (χ3n) is 8.21. The van der Waals surface area contributed by atoms with Crippen molar-refractivity contribution in [2.45, 2.75) is 18.5 Å². The Balaban J connectivity index is 0.000000450.